The Bertz CT molecular complexity index is 450. The molecule has 4 nitrogen and oxygen atoms in total. The van der Waals surface area contributed by atoms with Gasteiger partial charge >= 0.3 is 5.97 Å². The average Bonchev–Trinajstić information content (AvgIpc) is 2.22. The van der Waals surface area contributed by atoms with Crippen LogP contribution < -0.4 is 0 Å². The fourth-order valence-electron chi connectivity index (χ4n) is 2.09. The zero-order valence-electron chi connectivity index (χ0n) is 9.72. The number of carboxylic acid groups (broad SMARTS) is 1. The van der Waals surface area contributed by atoms with Crippen molar-refractivity contribution in [3.05, 3.63) is 35.4 Å². The molecule has 1 aromatic carbocycles. The van der Waals surface area contributed by atoms with Crippen LogP contribution in [0.3, 0.4) is 0 Å². The van der Waals surface area contributed by atoms with Gasteiger partial charge in [0.2, 0.25) is 0 Å². The molecule has 1 heterocycles. The maximum atomic E-state index is 12.1. The highest BCUT2D eigenvalue weighted by Crippen LogP contribution is 2.22. The van der Waals surface area contributed by atoms with Crippen molar-refractivity contribution < 1.29 is 14.7 Å². The highest BCUT2D eigenvalue weighted by atomic mass is 16.4. The number of likely N-dealkylation sites (tertiary alicyclic amines) is 1. The van der Waals surface area contributed by atoms with Crippen molar-refractivity contribution in [2.24, 2.45) is 5.92 Å². The molecule has 1 aromatic rings. The van der Waals surface area contributed by atoms with E-state index in [9.17, 15) is 9.59 Å². The van der Waals surface area contributed by atoms with Gasteiger partial charge in [0.1, 0.15) is 0 Å². The van der Waals surface area contributed by atoms with Gasteiger partial charge in [0.15, 0.2) is 0 Å². The summed E-state index contributed by atoms with van der Waals surface area (Å²) in [5.41, 5.74) is 1.67. The molecule has 1 aliphatic rings. The zero-order chi connectivity index (χ0) is 12.4. The number of carbonyl (C=O) groups is 2. The summed E-state index contributed by atoms with van der Waals surface area (Å²) in [5, 5.41) is 8.63. The SMILES string of the molecule is Cc1ccccc1C(=O)N1CC(CC(=O)O)C1. The summed E-state index contributed by atoms with van der Waals surface area (Å²) in [5.74, 6) is -0.678. The molecule has 4 heteroatoms. The molecule has 17 heavy (non-hydrogen) atoms. The Morgan fingerprint density at radius 1 is 1.35 bits per heavy atom. The second-order valence-electron chi connectivity index (χ2n) is 4.49. The number of hydrogen-bond donors (Lipinski definition) is 1. The summed E-state index contributed by atoms with van der Waals surface area (Å²) < 4.78 is 0. The number of hydrogen-bond acceptors (Lipinski definition) is 2. The van der Waals surface area contributed by atoms with E-state index >= 15 is 0 Å². The molecule has 1 aliphatic heterocycles. The van der Waals surface area contributed by atoms with Gasteiger partial charge in [-0.3, -0.25) is 9.59 Å². The third kappa shape index (κ3) is 2.46. The quantitative estimate of drug-likeness (QED) is 0.861. The Morgan fingerprint density at radius 3 is 2.59 bits per heavy atom. The van der Waals surface area contributed by atoms with Crippen molar-refractivity contribution in [2.75, 3.05) is 13.1 Å². The third-order valence-electron chi connectivity index (χ3n) is 3.08. The minimum Gasteiger partial charge on any atom is -0.481 e. The Labute approximate surface area is 99.9 Å². The molecule has 1 N–H and O–H groups in total. The monoisotopic (exact) mass is 233 g/mol. The summed E-state index contributed by atoms with van der Waals surface area (Å²) >= 11 is 0. The minimum atomic E-state index is -0.794. The van der Waals surface area contributed by atoms with Crippen LogP contribution in [-0.4, -0.2) is 35.0 Å². The molecule has 0 saturated carbocycles. The van der Waals surface area contributed by atoms with E-state index in [4.69, 9.17) is 5.11 Å². The molecular weight excluding hydrogens is 218 g/mol. The summed E-state index contributed by atoms with van der Waals surface area (Å²) in [4.78, 5) is 24.3. The van der Waals surface area contributed by atoms with E-state index in [-0.39, 0.29) is 18.2 Å². The molecule has 1 saturated heterocycles. The summed E-state index contributed by atoms with van der Waals surface area (Å²) in [6.45, 7) is 3.01. The lowest BCUT2D eigenvalue weighted by atomic mass is 9.95. The van der Waals surface area contributed by atoms with Crippen LogP contribution in [0, 0.1) is 12.8 Å². The van der Waals surface area contributed by atoms with Gasteiger partial charge in [-0.05, 0) is 18.6 Å². The first-order valence-electron chi connectivity index (χ1n) is 5.64. The van der Waals surface area contributed by atoms with Gasteiger partial charge in [-0.15, -0.1) is 0 Å². The molecule has 0 unspecified atom stereocenters. The van der Waals surface area contributed by atoms with E-state index in [0.29, 0.717) is 18.7 Å². The molecule has 1 fully saturated rings. The number of nitrogens with zero attached hydrogens (tertiary/aromatic N) is 1. The smallest absolute Gasteiger partial charge is 0.303 e. The highest BCUT2D eigenvalue weighted by Gasteiger charge is 2.32. The van der Waals surface area contributed by atoms with Crippen molar-refractivity contribution in [3.63, 3.8) is 0 Å². The number of rotatable bonds is 3. The van der Waals surface area contributed by atoms with Gasteiger partial charge < -0.3 is 10.0 Å². The van der Waals surface area contributed by atoms with Crippen molar-refractivity contribution in [1.29, 1.82) is 0 Å². The van der Waals surface area contributed by atoms with E-state index in [0.717, 1.165) is 5.56 Å². The molecule has 0 aliphatic carbocycles. The molecule has 0 aromatic heterocycles. The van der Waals surface area contributed by atoms with Gasteiger partial charge in [0, 0.05) is 24.6 Å². The molecule has 0 atom stereocenters. The molecular formula is C13H15NO3. The summed E-state index contributed by atoms with van der Waals surface area (Å²) in [6, 6.07) is 7.45. The summed E-state index contributed by atoms with van der Waals surface area (Å²) in [6.07, 6.45) is 0.150. The third-order valence-corrected chi connectivity index (χ3v) is 3.08. The Kier molecular flexibility index (Phi) is 3.13. The topological polar surface area (TPSA) is 57.6 Å². The Balaban J connectivity index is 1.96. The number of carboxylic acids is 1. The number of aryl methyl sites for hydroxylation is 1. The second kappa shape index (κ2) is 4.57. The number of amides is 1. The molecule has 0 spiro atoms. The van der Waals surface area contributed by atoms with Crippen LogP contribution in [0.5, 0.6) is 0 Å². The van der Waals surface area contributed by atoms with Crippen LogP contribution in [0.4, 0.5) is 0 Å². The lowest BCUT2D eigenvalue weighted by Gasteiger charge is -2.38. The fourth-order valence-corrected chi connectivity index (χ4v) is 2.09. The van der Waals surface area contributed by atoms with Crippen LogP contribution in [-0.2, 0) is 4.79 Å². The molecule has 2 rings (SSSR count). The second-order valence-corrected chi connectivity index (χ2v) is 4.49. The number of aliphatic carboxylic acids is 1. The maximum absolute atomic E-state index is 12.1. The first-order chi connectivity index (χ1) is 8.08. The highest BCUT2D eigenvalue weighted by molar-refractivity contribution is 5.96. The van der Waals surface area contributed by atoms with E-state index in [1.165, 1.54) is 0 Å². The lowest BCUT2D eigenvalue weighted by molar-refractivity contribution is -0.139. The Hall–Kier alpha value is -1.84. The molecule has 0 radical (unpaired) electrons. The van der Waals surface area contributed by atoms with E-state index in [1.54, 1.807) is 4.90 Å². The first kappa shape index (κ1) is 11.6. The predicted octanol–water partition coefficient (Wildman–Crippen LogP) is 1.54. The Morgan fingerprint density at radius 2 is 2.00 bits per heavy atom. The standard InChI is InChI=1S/C13H15NO3/c1-9-4-2-3-5-11(9)13(17)14-7-10(8-14)6-12(15)16/h2-5,10H,6-8H2,1H3,(H,15,16). The fraction of sp³-hybridized carbons (Fsp3) is 0.385. The molecule has 90 valence electrons. The van der Waals surface area contributed by atoms with E-state index < -0.39 is 5.97 Å². The van der Waals surface area contributed by atoms with E-state index in [2.05, 4.69) is 0 Å². The lowest BCUT2D eigenvalue weighted by Crippen LogP contribution is -2.50. The number of carbonyl (C=O) groups excluding carboxylic acids is 1. The summed E-state index contributed by atoms with van der Waals surface area (Å²) in [7, 11) is 0. The van der Waals surface area contributed by atoms with Crippen molar-refractivity contribution in [1.82, 2.24) is 4.90 Å². The van der Waals surface area contributed by atoms with Crippen LogP contribution in [0.25, 0.3) is 0 Å². The van der Waals surface area contributed by atoms with Crippen LogP contribution in [0.15, 0.2) is 24.3 Å². The van der Waals surface area contributed by atoms with Crippen molar-refractivity contribution in [2.45, 2.75) is 13.3 Å². The molecule has 1 amide bonds. The maximum Gasteiger partial charge on any atom is 0.303 e. The van der Waals surface area contributed by atoms with Crippen molar-refractivity contribution in [3.8, 4) is 0 Å². The zero-order valence-corrected chi connectivity index (χ0v) is 9.72. The van der Waals surface area contributed by atoms with Crippen LogP contribution in [0.2, 0.25) is 0 Å². The van der Waals surface area contributed by atoms with Crippen molar-refractivity contribution >= 4 is 11.9 Å². The minimum absolute atomic E-state index is 0.00439. The van der Waals surface area contributed by atoms with Crippen LogP contribution in [0.1, 0.15) is 22.3 Å². The average molecular weight is 233 g/mol. The van der Waals surface area contributed by atoms with Gasteiger partial charge in [-0.1, -0.05) is 18.2 Å². The van der Waals surface area contributed by atoms with Gasteiger partial charge in [0.25, 0.3) is 5.91 Å². The van der Waals surface area contributed by atoms with E-state index in [1.807, 2.05) is 31.2 Å². The largest absolute Gasteiger partial charge is 0.481 e. The predicted molar refractivity (Wildman–Crippen MR) is 62.8 cm³/mol. The van der Waals surface area contributed by atoms with Gasteiger partial charge in [0.05, 0.1) is 6.42 Å². The first-order valence-corrected chi connectivity index (χ1v) is 5.64. The molecule has 0 bridgehead atoms. The van der Waals surface area contributed by atoms with Crippen LogP contribution >= 0.6 is 0 Å². The number of benzene rings is 1. The van der Waals surface area contributed by atoms with Gasteiger partial charge in [-0.25, -0.2) is 0 Å². The normalized spacial score (nSPS) is 15.5. The van der Waals surface area contributed by atoms with Gasteiger partial charge in [-0.2, -0.15) is 0 Å².